The zero-order valence-corrected chi connectivity index (χ0v) is 14.3. The summed E-state index contributed by atoms with van der Waals surface area (Å²) in [5.74, 6) is 0.108. The van der Waals surface area contributed by atoms with E-state index in [4.69, 9.17) is 0 Å². The van der Waals surface area contributed by atoms with Crippen molar-refractivity contribution in [3.63, 3.8) is 0 Å². The second-order valence-electron chi connectivity index (χ2n) is 6.05. The third kappa shape index (κ3) is 3.81. The maximum atomic E-state index is 12.3. The van der Waals surface area contributed by atoms with Gasteiger partial charge in [0, 0.05) is 25.8 Å². The molecule has 24 heavy (non-hydrogen) atoms. The molecule has 2 heterocycles. The second-order valence-corrected chi connectivity index (χ2v) is 8.06. The van der Waals surface area contributed by atoms with E-state index in [1.54, 1.807) is 41.5 Å². The van der Waals surface area contributed by atoms with Gasteiger partial charge in [-0.15, -0.1) is 0 Å². The van der Waals surface area contributed by atoms with Crippen LogP contribution in [0.1, 0.15) is 24.4 Å². The lowest BCUT2D eigenvalue weighted by Crippen LogP contribution is -2.29. The number of aromatic nitrogens is 3. The maximum Gasteiger partial charge on any atom is 0.222 e. The van der Waals surface area contributed by atoms with Crippen molar-refractivity contribution in [2.75, 3.05) is 19.3 Å². The Balaban J connectivity index is 1.53. The van der Waals surface area contributed by atoms with Gasteiger partial charge in [0.2, 0.25) is 5.91 Å². The fourth-order valence-electron chi connectivity index (χ4n) is 2.88. The molecule has 3 rings (SSSR count). The van der Waals surface area contributed by atoms with E-state index in [9.17, 15) is 13.2 Å². The summed E-state index contributed by atoms with van der Waals surface area (Å²) in [5, 5.41) is 8.26. The Labute approximate surface area is 141 Å². The highest BCUT2D eigenvalue weighted by Crippen LogP contribution is 2.21. The molecule has 1 unspecified atom stereocenters. The highest BCUT2D eigenvalue weighted by molar-refractivity contribution is 7.90. The first-order chi connectivity index (χ1) is 11.4. The fourth-order valence-corrected chi connectivity index (χ4v) is 3.51. The molecule has 1 aromatic carbocycles. The fraction of sp³-hybridized carbons (Fsp3) is 0.438. The van der Waals surface area contributed by atoms with E-state index in [-0.39, 0.29) is 11.9 Å². The normalized spacial score (nSPS) is 18.0. The minimum absolute atomic E-state index is 0.108. The van der Waals surface area contributed by atoms with Gasteiger partial charge in [0.15, 0.2) is 9.84 Å². The first-order valence-electron chi connectivity index (χ1n) is 7.86. The predicted molar refractivity (Wildman–Crippen MR) is 88.1 cm³/mol. The van der Waals surface area contributed by atoms with Gasteiger partial charge in [-0.25, -0.2) is 8.42 Å². The summed E-state index contributed by atoms with van der Waals surface area (Å²) in [7, 11) is -3.18. The smallest absolute Gasteiger partial charge is 0.222 e. The van der Waals surface area contributed by atoms with Crippen LogP contribution in [0.3, 0.4) is 0 Å². The average molecular weight is 348 g/mol. The zero-order chi connectivity index (χ0) is 17.2. The van der Waals surface area contributed by atoms with Crippen molar-refractivity contribution >= 4 is 15.7 Å². The van der Waals surface area contributed by atoms with Crippen LogP contribution >= 0.6 is 0 Å². The van der Waals surface area contributed by atoms with Crippen molar-refractivity contribution in [1.82, 2.24) is 19.9 Å². The van der Waals surface area contributed by atoms with Crippen molar-refractivity contribution in [1.29, 1.82) is 0 Å². The molecule has 0 N–H and O–H groups in total. The topological polar surface area (TPSA) is 85.2 Å². The molecule has 128 valence electrons. The van der Waals surface area contributed by atoms with Crippen LogP contribution < -0.4 is 0 Å². The van der Waals surface area contributed by atoms with E-state index in [2.05, 4.69) is 10.2 Å². The number of nitrogens with zero attached hydrogens (tertiary/aromatic N) is 4. The Morgan fingerprint density at radius 1 is 1.21 bits per heavy atom. The number of carbonyl (C=O) groups is 1. The van der Waals surface area contributed by atoms with Gasteiger partial charge in [-0.2, -0.15) is 15.0 Å². The second kappa shape index (κ2) is 6.72. The van der Waals surface area contributed by atoms with Crippen LogP contribution in [0, 0.1) is 0 Å². The summed E-state index contributed by atoms with van der Waals surface area (Å²) in [6.07, 6.45) is 6.35. The van der Waals surface area contributed by atoms with Crippen LogP contribution in [0.25, 0.3) is 0 Å². The van der Waals surface area contributed by atoms with E-state index in [1.165, 1.54) is 6.26 Å². The number of carbonyl (C=O) groups excluding carboxylic acids is 1. The van der Waals surface area contributed by atoms with Gasteiger partial charge in [-0.1, -0.05) is 12.1 Å². The average Bonchev–Trinajstić information content (AvgIpc) is 3.22. The summed E-state index contributed by atoms with van der Waals surface area (Å²) in [6, 6.07) is 6.86. The van der Waals surface area contributed by atoms with E-state index in [0.29, 0.717) is 24.3 Å². The number of amides is 1. The molecule has 0 saturated carbocycles. The van der Waals surface area contributed by atoms with Crippen LogP contribution in [0.15, 0.2) is 41.6 Å². The van der Waals surface area contributed by atoms with Crippen LogP contribution in [-0.4, -0.2) is 53.6 Å². The molecule has 1 aliphatic rings. The number of likely N-dealkylation sites (tertiary alicyclic amines) is 1. The SMILES string of the molecule is CS(=O)(=O)c1ccc(CCC(=O)N2CCC(n3nccn3)C2)cc1. The van der Waals surface area contributed by atoms with Gasteiger partial charge in [-0.3, -0.25) is 4.79 Å². The van der Waals surface area contributed by atoms with Crippen molar-refractivity contribution in [3.05, 3.63) is 42.2 Å². The monoisotopic (exact) mass is 348 g/mol. The minimum Gasteiger partial charge on any atom is -0.340 e. The minimum atomic E-state index is -3.18. The molecule has 1 saturated heterocycles. The van der Waals surface area contributed by atoms with Crippen LogP contribution in [-0.2, 0) is 21.1 Å². The Kier molecular flexibility index (Phi) is 4.66. The number of hydrogen-bond donors (Lipinski definition) is 0. The molecule has 2 aromatic rings. The molecule has 0 bridgehead atoms. The lowest BCUT2D eigenvalue weighted by atomic mass is 10.1. The van der Waals surface area contributed by atoms with E-state index >= 15 is 0 Å². The first kappa shape index (κ1) is 16.6. The van der Waals surface area contributed by atoms with Gasteiger partial charge in [-0.05, 0) is 30.5 Å². The van der Waals surface area contributed by atoms with Gasteiger partial charge in [0.05, 0.1) is 23.3 Å². The molecule has 1 atom stereocenters. The van der Waals surface area contributed by atoms with Crippen LogP contribution in [0.4, 0.5) is 0 Å². The van der Waals surface area contributed by atoms with Crippen LogP contribution in [0.2, 0.25) is 0 Å². The van der Waals surface area contributed by atoms with E-state index in [0.717, 1.165) is 18.5 Å². The van der Waals surface area contributed by atoms with Gasteiger partial charge in [0.25, 0.3) is 0 Å². The quantitative estimate of drug-likeness (QED) is 0.807. The number of hydrogen-bond acceptors (Lipinski definition) is 5. The van der Waals surface area contributed by atoms with Crippen molar-refractivity contribution in [3.8, 4) is 0 Å². The Bertz CT molecular complexity index is 800. The molecule has 1 amide bonds. The molecule has 1 aromatic heterocycles. The summed E-state index contributed by atoms with van der Waals surface area (Å²) >= 11 is 0. The highest BCUT2D eigenvalue weighted by Gasteiger charge is 2.27. The molecule has 0 radical (unpaired) electrons. The lowest BCUT2D eigenvalue weighted by Gasteiger charge is -2.16. The molecular formula is C16H20N4O3S. The first-order valence-corrected chi connectivity index (χ1v) is 9.75. The molecule has 1 fully saturated rings. The highest BCUT2D eigenvalue weighted by atomic mass is 32.2. The van der Waals surface area contributed by atoms with E-state index < -0.39 is 9.84 Å². The summed E-state index contributed by atoms with van der Waals surface area (Å²) < 4.78 is 22.9. The van der Waals surface area contributed by atoms with Crippen molar-refractivity contribution < 1.29 is 13.2 Å². The summed E-state index contributed by atoms with van der Waals surface area (Å²) in [5.41, 5.74) is 0.959. The van der Waals surface area contributed by atoms with Gasteiger partial charge >= 0.3 is 0 Å². The van der Waals surface area contributed by atoms with Crippen molar-refractivity contribution in [2.24, 2.45) is 0 Å². The number of benzene rings is 1. The molecule has 0 aliphatic carbocycles. The Morgan fingerprint density at radius 3 is 2.50 bits per heavy atom. The van der Waals surface area contributed by atoms with Crippen molar-refractivity contribution in [2.45, 2.75) is 30.2 Å². The Morgan fingerprint density at radius 2 is 1.88 bits per heavy atom. The van der Waals surface area contributed by atoms with Gasteiger partial charge < -0.3 is 4.90 Å². The summed E-state index contributed by atoms with van der Waals surface area (Å²) in [6.45, 7) is 1.36. The van der Waals surface area contributed by atoms with Gasteiger partial charge in [0.1, 0.15) is 0 Å². The molecule has 0 spiro atoms. The number of rotatable bonds is 5. The summed E-state index contributed by atoms with van der Waals surface area (Å²) in [4.78, 5) is 16.1. The Hall–Kier alpha value is -2.22. The molecule has 8 heteroatoms. The zero-order valence-electron chi connectivity index (χ0n) is 13.5. The third-order valence-corrected chi connectivity index (χ3v) is 5.39. The largest absolute Gasteiger partial charge is 0.340 e. The molecule has 1 aliphatic heterocycles. The maximum absolute atomic E-state index is 12.3. The lowest BCUT2D eigenvalue weighted by molar-refractivity contribution is -0.130. The number of sulfone groups is 1. The number of aryl methyl sites for hydroxylation is 1. The van der Waals surface area contributed by atoms with E-state index in [1.807, 2.05) is 4.90 Å². The standard InChI is InChI=1S/C16H20N4O3S/c1-24(22,23)15-5-2-13(3-6-15)4-7-16(21)19-11-8-14(12-19)20-17-9-10-18-20/h2-3,5-6,9-10,14H,4,7-8,11-12H2,1H3. The molecule has 7 nitrogen and oxygen atoms in total. The third-order valence-electron chi connectivity index (χ3n) is 4.26. The molecular weight excluding hydrogens is 328 g/mol. The predicted octanol–water partition coefficient (Wildman–Crippen LogP) is 1.09. The van der Waals surface area contributed by atoms with Crippen LogP contribution in [0.5, 0.6) is 0 Å².